The average molecular weight is 397 g/mol. The van der Waals surface area contributed by atoms with Gasteiger partial charge in [-0.2, -0.15) is 0 Å². The number of benzene rings is 1. The van der Waals surface area contributed by atoms with Crippen LogP contribution in [0.15, 0.2) is 27.6 Å². The number of ether oxygens (including phenoxy) is 1. The molecule has 2 atom stereocenters. The van der Waals surface area contributed by atoms with E-state index in [1.165, 1.54) is 12.1 Å². The summed E-state index contributed by atoms with van der Waals surface area (Å²) < 4.78 is 28.8. The number of rotatable bonds is 3. The maximum absolute atomic E-state index is 12.5. The summed E-state index contributed by atoms with van der Waals surface area (Å²) >= 11 is 3.12. The van der Waals surface area contributed by atoms with Crippen molar-refractivity contribution in [2.24, 2.45) is 0 Å². The van der Waals surface area contributed by atoms with Crippen LogP contribution in [0, 0.1) is 0 Å². The van der Waals surface area contributed by atoms with Gasteiger partial charge in [0.05, 0.1) is 17.0 Å². The van der Waals surface area contributed by atoms with E-state index in [2.05, 4.69) is 15.9 Å². The van der Waals surface area contributed by atoms with E-state index in [4.69, 9.17) is 15.4 Å². The highest BCUT2D eigenvalue weighted by Gasteiger charge is 2.31. The van der Waals surface area contributed by atoms with Crippen LogP contribution in [0.3, 0.4) is 0 Å². The summed E-state index contributed by atoms with van der Waals surface area (Å²) in [5.74, 6) is -0.258. The summed E-state index contributed by atoms with van der Waals surface area (Å²) in [4.78, 5) is 14.0. The molecule has 0 spiro atoms. The lowest BCUT2D eigenvalue weighted by molar-refractivity contribution is 0.0574. The SMILES string of the molecule is CC1OCCC1N(C)C(=O)c1ccc(Br)c(S(=O)(=O)Cl)c1. The Morgan fingerprint density at radius 1 is 1.48 bits per heavy atom. The van der Waals surface area contributed by atoms with Crippen molar-refractivity contribution in [2.75, 3.05) is 13.7 Å². The third-order valence-corrected chi connectivity index (χ3v) is 5.91. The molecular weight excluding hydrogens is 382 g/mol. The van der Waals surface area contributed by atoms with Gasteiger partial charge in [0.2, 0.25) is 0 Å². The summed E-state index contributed by atoms with van der Waals surface area (Å²) in [6.07, 6.45) is 0.728. The standard InChI is InChI=1S/C13H15BrClNO4S/c1-8-11(5-6-20-8)16(2)13(17)9-3-4-10(14)12(7-9)21(15,18)19/h3-4,7-8,11H,5-6H2,1-2H3. The second-order valence-corrected chi connectivity index (χ2v) is 8.32. The smallest absolute Gasteiger partial charge is 0.262 e. The molecule has 21 heavy (non-hydrogen) atoms. The van der Waals surface area contributed by atoms with Crippen molar-refractivity contribution >= 4 is 41.6 Å². The fourth-order valence-electron chi connectivity index (χ4n) is 2.41. The molecule has 1 fully saturated rings. The first kappa shape index (κ1) is 16.7. The largest absolute Gasteiger partial charge is 0.376 e. The molecule has 2 rings (SSSR count). The summed E-state index contributed by atoms with van der Waals surface area (Å²) in [5.41, 5.74) is 0.277. The van der Waals surface area contributed by atoms with Gasteiger partial charge in [-0.15, -0.1) is 0 Å². The number of amides is 1. The van der Waals surface area contributed by atoms with Crippen molar-refractivity contribution in [3.05, 3.63) is 28.2 Å². The molecule has 0 saturated carbocycles. The molecule has 1 aliphatic rings. The van der Waals surface area contributed by atoms with Gasteiger partial charge < -0.3 is 9.64 Å². The van der Waals surface area contributed by atoms with E-state index in [9.17, 15) is 13.2 Å². The molecule has 2 unspecified atom stereocenters. The highest BCUT2D eigenvalue weighted by Crippen LogP contribution is 2.27. The molecule has 1 aliphatic heterocycles. The first-order valence-corrected chi connectivity index (χ1v) is 9.45. The molecule has 116 valence electrons. The third kappa shape index (κ3) is 3.59. The fourth-order valence-corrected chi connectivity index (χ4v) is 4.52. The topological polar surface area (TPSA) is 63.7 Å². The Balaban J connectivity index is 2.32. The fraction of sp³-hybridized carbons (Fsp3) is 0.462. The Bertz CT molecular complexity index is 664. The molecule has 1 saturated heterocycles. The van der Waals surface area contributed by atoms with Crippen LogP contribution in [-0.2, 0) is 13.8 Å². The van der Waals surface area contributed by atoms with Crippen LogP contribution in [0.2, 0.25) is 0 Å². The summed E-state index contributed by atoms with van der Waals surface area (Å²) in [6.45, 7) is 2.53. The highest BCUT2D eigenvalue weighted by atomic mass is 79.9. The lowest BCUT2D eigenvalue weighted by Gasteiger charge is -2.27. The highest BCUT2D eigenvalue weighted by molar-refractivity contribution is 9.10. The van der Waals surface area contributed by atoms with E-state index in [0.29, 0.717) is 11.1 Å². The van der Waals surface area contributed by atoms with E-state index >= 15 is 0 Å². The van der Waals surface area contributed by atoms with E-state index in [-0.39, 0.29) is 28.5 Å². The van der Waals surface area contributed by atoms with Crippen LogP contribution >= 0.6 is 26.6 Å². The Morgan fingerprint density at radius 3 is 2.67 bits per heavy atom. The van der Waals surface area contributed by atoms with Gasteiger partial charge >= 0.3 is 0 Å². The van der Waals surface area contributed by atoms with Crippen molar-refractivity contribution in [2.45, 2.75) is 30.4 Å². The predicted octanol–water partition coefficient (Wildman–Crippen LogP) is 2.63. The monoisotopic (exact) mass is 395 g/mol. The summed E-state index contributed by atoms with van der Waals surface area (Å²) in [7, 11) is 3.14. The molecule has 0 radical (unpaired) electrons. The predicted molar refractivity (Wildman–Crippen MR) is 83.1 cm³/mol. The van der Waals surface area contributed by atoms with Gasteiger partial charge in [-0.05, 0) is 47.5 Å². The van der Waals surface area contributed by atoms with Crippen LogP contribution in [0.25, 0.3) is 0 Å². The minimum Gasteiger partial charge on any atom is -0.376 e. The minimum absolute atomic E-state index is 0.0165. The van der Waals surface area contributed by atoms with Crippen molar-refractivity contribution in [1.29, 1.82) is 0 Å². The maximum atomic E-state index is 12.5. The zero-order valence-electron chi connectivity index (χ0n) is 11.5. The Labute approximate surface area is 136 Å². The second-order valence-electron chi connectivity index (χ2n) is 4.93. The van der Waals surface area contributed by atoms with Gasteiger partial charge in [-0.3, -0.25) is 4.79 Å². The Morgan fingerprint density at radius 2 is 2.14 bits per heavy atom. The Kier molecular flexibility index (Phi) is 4.97. The summed E-state index contributed by atoms with van der Waals surface area (Å²) in [5, 5.41) is 0. The van der Waals surface area contributed by atoms with Crippen molar-refractivity contribution < 1.29 is 17.9 Å². The van der Waals surface area contributed by atoms with Crippen LogP contribution in [-0.4, -0.2) is 45.0 Å². The molecule has 1 aromatic carbocycles. The van der Waals surface area contributed by atoms with Crippen LogP contribution in [0.1, 0.15) is 23.7 Å². The van der Waals surface area contributed by atoms with Crippen molar-refractivity contribution in [3.63, 3.8) is 0 Å². The zero-order chi connectivity index (χ0) is 15.8. The van der Waals surface area contributed by atoms with Gasteiger partial charge in [0.15, 0.2) is 0 Å². The summed E-state index contributed by atoms with van der Waals surface area (Å²) in [6, 6.07) is 4.34. The lowest BCUT2D eigenvalue weighted by Crippen LogP contribution is -2.41. The normalized spacial score (nSPS) is 22.3. The van der Waals surface area contributed by atoms with Gasteiger partial charge in [-0.25, -0.2) is 8.42 Å². The van der Waals surface area contributed by atoms with Crippen molar-refractivity contribution in [1.82, 2.24) is 4.90 Å². The molecule has 0 aromatic heterocycles. The molecule has 0 bridgehead atoms. The van der Waals surface area contributed by atoms with Gasteiger partial charge in [0.1, 0.15) is 0 Å². The first-order valence-electron chi connectivity index (χ1n) is 6.35. The van der Waals surface area contributed by atoms with E-state index in [0.717, 1.165) is 6.42 Å². The first-order chi connectivity index (χ1) is 9.71. The molecule has 1 aromatic rings. The molecule has 0 N–H and O–H groups in total. The molecule has 5 nitrogen and oxygen atoms in total. The number of hydrogen-bond donors (Lipinski definition) is 0. The molecule has 1 heterocycles. The number of carbonyl (C=O) groups excluding carboxylic acids is 1. The average Bonchev–Trinajstić information content (AvgIpc) is 2.82. The van der Waals surface area contributed by atoms with Crippen LogP contribution in [0.5, 0.6) is 0 Å². The number of hydrogen-bond acceptors (Lipinski definition) is 4. The van der Waals surface area contributed by atoms with Crippen LogP contribution in [0.4, 0.5) is 0 Å². The van der Waals surface area contributed by atoms with Gasteiger partial charge in [0, 0.05) is 34.4 Å². The van der Waals surface area contributed by atoms with E-state index in [1.807, 2.05) is 6.92 Å². The quantitative estimate of drug-likeness (QED) is 0.737. The second kappa shape index (κ2) is 6.24. The Hall–Kier alpha value is -0.630. The lowest BCUT2D eigenvalue weighted by atomic mass is 10.1. The number of likely N-dealkylation sites (N-methyl/N-ethyl adjacent to an activating group) is 1. The minimum atomic E-state index is -3.92. The number of halogens is 2. The van der Waals surface area contributed by atoms with E-state index < -0.39 is 9.05 Å². The van der Waals surface area contributed by atoms with Gasteiger partial charge in [0.25, 0.3) is 15.0 Å². The van der Waals surface area contributed by atoms with Crippen molar-refractivity contribution in [3.8, 4) is 0 Å². The zero-order valence-corrected chi connectivity index (χ0v) is 14.7. The number of carbonyl (C=O) groups is 1. The molecular formula is C13H15BrClNO4S. The maximum Gasteiger partial charge on any atom is 0.262 e. The third-order valence-electron chi connectivity index (χ3n) is 3.59. The molecule has 1 amide bonds. The van der Waals surface area contributed by atoms with Crippen LogP contribution < -0.4 is 0 Å². The number of nitrogens with zero attached hydrogens (tertiary/aromatic N) is 1. The van der Waals surface area contributed by atoms with Gasteiger partial charge in [-0.1, -0.05) is 0 Å². The molecule has 8 heteroatoms. The molecule has 0 aliphatic carbocycles. The van der Waals surface area contributed by atoms with E-state index in [1.54, 1.807) is 18.0 Å².